The van der Waals surface area contributed by atoms with Gasteiger partial charge in [-0.25, -0.2) is 8.78 Å². The average Bonchev–Trinajstić information content (AvgIpc) is 2.93. The van der Waals surface area contributed by atoms with Crippen molar-refractivity contribution in [1.29, 1.82) is 5.26 Å². The van der Waals surface area contributed by atoms with Crippen LogP contribution in [0.15, 0.2) is 42.5 Å². The van der Waals surface area contributed by atoms with Gasteiger partial charge in [0.2, 0.25) is 0 Å². The number of aromatic nitrogens is 1. The number of anilines is 1. The molecule has 1 heterocycles. The van der Waals surface area contributed by atoms with Crippen molar-refractivity contribution in [2.24, 2.45) is 0 Å². The summed E-state index contributed by atoms with van der Waals surface area (Å²) in [6.45, 7) is -0.647. The van der Waals surface area contributed by atoms with E-state index in [0.717, 1.165) is 41.4 Å². The van der Waals surface area contributed by atoms with Crippen LogP contribution in [0, 0.1) is 11.3 Å². The van der Waals surface area contributed by atoms with Crippen molar-refractivity contribution in [3.8, 4) is 23.1 Å². The standard InChI is InChI=1S/C21H19F2N3O/c22-20(23)12-27-16-8-9-17-18(11-24)21(13-4-6-14(25)7-5-13)26(19(17)10-16)15-2-1-3-15/h4-10,15,20H,1-3,12,25H2. The second-order valence-corrected chi connectivity index (χ2v) is 6.79. The van der Waals surface area contributed by atoms with E-state index in [9.17, 15) is 14.0 Å². The monoisotopic (exact) mass is 367 g/mol. The number of nitrogen functional groups attached to an aromatic ring is 1. The van der Waals surface area contributed by atoms with Gasteiger partial charge >= 0.3 is 0 Å². The third kappa shape index (κ3) is 3.10. The minimum Gasteiger partial charge on any atom is -0.488 e. The van der Waals surface area contributed by atoms with Crippen molar-refractivity contribution < 1.29 is 13.5 Å². The Hall–Kier alpha value is -3.07. The van der Waals surface area contributed by atoms with Gasteiger partial charge in [0.25, 0.3) is 6.43 Å². The van der Waals surface area contributed by atoms with Crippen LogP contribution in [0.25, 0.3) is 22.2 Å². The Balaban J connectivity index is 1.92. The smallest absolute Gasteiger partial charge is 0.272 e. The van der Waals surface area contributed by atoms with Gasteiger partial charge in [-0.3, -0.25) is 0 Å². The highest BCUT2D eigenvalue weighted by Crippen LogP contribution is 2.43. The zero-order valence-electron chi connectivity index (χ0n) is 14.7. The van der Waals surface area contributed by atoms with E-state index in [1.165, 1.54) is 0 Å². The molecule has 0 amide bonds. The first-order valence-corrected chi connectivity index (χ1v) is 8.93. The lowest BCUT2D eigenvalue weighted by molar-refractivity contribution is 0.0819. The number of fused-ring (bicyclic) bond motifs is 1. The van der Waals surface area contributed by atoms with E-state index in [0.29, 0.717) is 17.0 Å². The number of rotatable bonds is 5. The van der Waals surface area contributed by atoms with E-state index in [-0.39, 0.29) is 6.04 Å². The van der Waals surface area contributed by atoms with Gasteiger partial charge < -0.3 is 15.0 Å². The Kier molecular flexibility index (Phi) is 4.44. The van der Waals surface area contributed by atoms with Crippen molar-refractivity contribution in [2.75, 3.05) is 12.3 Å². The Morgan fingerprint density at radius 3 is 2.52 bits per heavy atom. The van der Waals surface area contributed by atoms with Gasteiger partial charge in [0.05, 0.1) is 16.8 Å². The second kappa shape index (κ2) is 6.92. The molecule has 0 atom stereocenters. The molecule has 138 valence electrons. The summed E-state index contributed by atoms with van der Waals surface area (Å²) in [5.41, 5.74) is 9.67. The van der Waals surface area contributed by atoms with Crippen LogP contribution in [0.4, 0.5) is 14.5 Å². The number of alkyl halides is 2. The molecule has 3 aromatic rings. The van der Waals surface area contributed by atoms with E-state index in [2.05, 4.69) is 10.6 Å². The van der Waals surface area contributed by atoms with Crippen LogP contribution in [0.2, 0.25) is 0 Å². The molecule has 4 nitrogen and oxygen atoms in total. The van der Waals surface area contributed by atoms with Gasteiger partial charge in [0.15, 0.2) is 0 Å². The van der Waals surface area contributed by atoms with Crippen LogP contribution in [0.5, 0.6) is 5.75 Å². The molecule has 1 saturated carbocycles. The number of hydrogen-bond donors (Lipinski definition) is 1. The van der Waals surface area contributed by atoms with Gasteiger partial charge in [-0.05, 0) is 49.1 Å². The van der Waals surface area contributed by atoms with Crippen molar-refractivity contribution >= 4 is 16.6 Å². The molecule has 27 heavy (non-hydrogen) atoms. The Bertz CT molecular complexity index is 1010. The zero-order chi connectivity index (χ0) is 19.0. The van der Waals surface area contributed by atoms with Crippen LogP contribution in [0.1, 0.15) is 30.9 Å². The largest absolute Gasteiger partial charge is 0.488 e. The maximum atomic E-state index is 12.5. The Morgan fingerprint density at radius 1 is 1.19 bits per heavy atom. The summed E-state index contributed by atoms with van der Waals surface area (Å²) < 4.78 is 32.4. The molecule has 0 radical (unpaired) electrons. The molecular weight excluding hydrogens is 348 g/mol. The zero-order valence-corrected chi connectivity index (χ0v) is 14.7. The van der Waals surface area contributed by atoms with E-state index >= 15 is 0 Å². The SMILES string of the molecule is N#Cc1c(-c2ccc(N)cc2)n(C2CCC2)c2cc(OCC(F)F)ccc12. The molecule has 0 unspecified atom stereocenters. The van der Waals surface area contributed by atoms with Gasteiger partial charge in [0, 0.05) is 23.2 Å². The van der Waals surface area contributed by atoms with Crippen molar-refractivity contribution in [2.45, 2.75) is 31.7 Å². The van der Waals surface area contributed by atoms with E-state index in [4.69, 9.17) is 10.5 Å². The molecular formula is C21H19F2N3O. The van der Waals surface area contributed by atoms with E-state index in [1.807, 2.05) is 24.3 Å². The fraction of sp³-hybridized carbons (Fsp3) is 0.286. The molecule has 0 bridgehead atoms. The third-order valence-corrected chi connectivity index (χ3v) is 5.09. The molecule has 2 aromatic carbocycles. The number of halogens is 2. The van der Waals surface area contributed by atoms with Crippen molar-refractivity contribution in [3.63, 3.8) is 0 Å². The second-order valence-electron chi connectivity index (χ2n) is 6.79. The summed E-state index contributed by atoms with van der Waals surface area (Å²) in [6.07, 6.45) is 0.658. The summed E-state index contributed by atoms with van der Waals surface area (Å²) in [5, 5.41) is 10.7. The molecule has 1 aliphatic rings. The van der Waals surface area contributed by atoms with Gasteiger partial charge in [0.1, 0.15) is 18.4 Å². The number of benzene rings is 2. The van der Waals surface area contributed by atoms with Crippen LogP contribution >= 0.6 is 0 Å². The Labute approximate surface area is 155 Å². The summed E-state index contributed by atoms with van der Waals surface area (Å²) in [6, 6.07) is 15.3. The molecule has 6 heteroatoms. The lowest BCUT2D eigenvalue weighted by atomic mass is 9.92. The lowest BCUT2D eigenvalue weighted by Crippen LogP contribution is -2.18. The average molecular weight is 367 g/mol. The molecule has 0 spiro atoms. The predicted molar refractivity (Wildman–Crippen MR) is 101 cm³/mol. The highest BCUT2D eigenvalue weighted by atomic mass is 19.3. The van der Waals surface area contributed by atoms with Crippen molar-refractivity contribution in [1.82, 2.24) is 4.57 Å². The van der Waals surface area contributed by atoms with Crippen LogP contribution in [0.3, 0.4) is 0 Å². The molecule has 1 aliphatic carbocycles. The first kappa shape index (κ1) is 17.3. The first-order chi connectivity index (χ1) is 13.1. The molecule has 1 fully saturated rings. The normalized spacial score (nSPS) is 14.3. The van der Waals surface area contributed by atoms with E-state index < -0.39 is 13.0 Å². The number of hydrogen-bond acceptors (Lipinski definition) is 3. The molecule has 2 N–H and O–H groups in total. The van der Waals surface area contributed by atoms with Crippen molar-refractivity contribution in [3.05, 3.63) is 48.0 Å². The van der Waals surface area contributed by atoms with Crippen LogP contribution in [-0.4, -0.2) is 17.6 Å². The van der Waals surface area contributed by atoms with Gasteiger partial charge in [-0.15, -0.1) is 0 Å². The molecule has 0 aliphatic heterocycles. The van der Waals surface area contributed by atoms with Gasteiger partial charge in [-0.1, -0.05) is 12.1 Å². The lowest BCUT2D eigenvalue weighted by Gasteiger charge is -2.30. The highest BCUT2D eigenvalue weighted by molar-refractivity contribution is 5.95. The summed E-state index contributed by atoms with van der Waals surface area (Å²) in [7, 11) is 0. The van der Waals surface area contributed by atoms with Gasteiger partial charge in [-0.2, -0.15) is 5.26 Å². The topological polar surface area (TPSA) is 64.0 Å². The van der Waals surface area contributed by atoms with Crippen LogP contribution < -0.4 is 10.5 Å². The van der Waals surface area contributed by atoms with Crippen LogP contribution in [-0.2, 0) is 0 Å². The third-order valence-electron chi connectivity index (χ3n) is 5.09. The number of nitriles is 1. The number of nitrogens with two attached hydrogens (primary N) is 1. The highest BCUT2D eigenvalue weighted by Gasteiger charge is 2.28. The molecule has 1 aromatic heterocycles. The predicted octanol–water partition coefficient (Wildman–Crippen LogP) is 5.13. The maximum absolute atomic E-state index is 12.5. The molecule has 0 saturated heterocycles. The fourth-order valence-electron chi connectivity index (χ4n) is 3.60. The first-order valence-electron chi connectivity index (χ1n) is 8.93. The summed E-state index contributed by atoms with van der Waals surface area (Å²) in [4.78, 5) is 0. The number of nitrogens with zero attached hydrogens (tertiary/aromatic N) is 2. The minimum atomic E-state index is -2.53. The number of ether oxygens (including phenoxy) is 1. The minimum absolute atomic E-state index is 0.285. The fourth-order valence-corrected chi connectivity index (χ4v) is 3.60. The maximum Gasteiger partial charge on any atom is 0.272 e. The Morgan fingerprint density at radius 2 is 1.93 bits per heavy atom. The quantitative estimate of drug-likeness (QED) is 0.636. The summed E-state index contributed by atoms with van der Waals surface area (Å²) >= 11 is 0. The van der Waals surface area contributed by atoms with E-state index in [1.54, 1.807) is 18.2 Å². The summed E-state index contributed by atoms with van der Waals surface area (Å²) in [5.74, 6) is 0.384. The molecule has 4 rings (SSSR count).